The normalized spacial score (nSPS) is 19.8. The van der Waals surface area contributed by atoms with E-state index in [0.717, 1.165) is 0 Å². The van der Waals surface area contributed by atoms with Crippen LogP contribution < -0.4 is 4.72 Å². The molecule has 0 aromatic rings. The first-order valence-corrected chi connectivity index (χ1v) is 7.52. The molecule has 0 spiro atoms. The van der Waals surface area contributed by atoms with Gasteiger partial charge >= 0.3 is 0 Å². The zero-order valence-corrected chi connectivity index (χ0v) is 11.6. The Morgan fingerprint density at radius 2 is 1.88 bits per heavy atom. The SMILES string of the molecule is CC(=O)C1CCN(S(=O)(=O)NCC(C)C)CC1. The molecule has 0 radical (unpaired) electrons. The Hall–Kier alpha value is -0.460. The summed E-state index contributed by atoms with van der Waals surface area (Å²) in [6.45, 7) is 6.84. The number of hydrogen-bond acceptors (Lipinski definition) is 3. The number of ketones is 1. The molecule has 1 fully saturated rings. The molecule has 1 N–H and O–H groups in total. The van der Waals surface area contributed by atoms with E-state index in [4.69, 9.17) is 0 Å². The average Bonchev–Trinajstić information content (AvgIpc) is 2.27. The summed E-state index contributed by atoms with van der Waals surface area (Å²) < 4.78 is 27.8. The van der Waals surface area contributed by atoms with Crippen LogP contribution in [0, 0.1) is 11.8 Å². The molecular formula is C11H22N2O3S. The lowest BCUT2D eigenvalue weighted by Crippen LogP contribution is -2.46. The molecule has 1 saturated heterocycles. The van der Waals surface area contributed by atoms with Gasteiger partial charge in [-0.1, -0.05) is 13.8 Å². The quantitative estimate of drug-likeness (QED) is 0.796. The largest absolute Gasteiger partial charge is 0.300 e. The van der Waals surface area contributed by atoms with E-state index < -0.39 is 10.2 Å². The minimum atomic E-state index is -3.36. The standard InChI is InChI=1S/C11H22N2O3S/c1-9(2)8-12-17(15,16)13-6-4-11(5-7-13)10(3)14/h9,11-12H,4-8H2,1-3H3. The summed E-state index contributed by atoms with van der Waals surface area (Å²) in [4.78, 5) is 11.2. The van der Waals surface area contributed by atoms with E-state index in [-0.39, 0.29) is 11.7 Å². The van der Waals surface area contributed by atoms with Crippen molar-refractivity contribution >= 4 is 16.0 Å². The van der Waals surface area contributed by atoms with Crippen LogP contribution in [0.3, 0.4) is 0 Å². The molecule has 1 aliphatic heterocycles. The first-order valence-electron chi connectivity index (χ1n) is 6.08. The second-order valence-corrected chi connectivity index (χ2v) is 6.79. The third-order valence-electron chi connectivity index (χ3n) is 3.04. The molecule has 0 aromatic heterocycles. The van der Waals surface area contributed by atoms with Crippen LogP contribution in [0.15, 0.2) is 0 Å². The van der Waals surface area contributed by atoms with Gasteiger partial charge < -0.3 is 0 Å². The van der Waals surface area contributed by atoms with Crippen LogP contribution in [-0.4, -0.2) is 38.1 Å². The van der Waals surface area contributed by atoms with Crippen molar-refractivity contribution in [2.45, 2.75) is 33.6 Å². The number of rotatable bonds is 5. The van der Waals surface area contributed by atoms with Crippen LogP contribution in [0.5, 0.6) is 0 Å². The zero-order chi connectivity index (χ0) is 13.1. The maximum Gasteiger partial charge on any atom is 0.279 e. The Morgan fingerprint density at radius 1 is 1.35 bits per heavy atom. The Balaban J connectivity index is 2.50. The van der Waals surface area contributed by atoms with Crippen LogP contribution in [0.4, 0.5) is 0 Å². The number of nitrogens with one attached hydrogen (secondary N) is 1. The fraction of sp³-hybridized carbons (Fsp3) is 0.909. The molecule has 1 rings (SSSR count). The molecular weight excluding hydrogens is 240 g/mol. The van der Waals surface area contributed by atoms with Gasteiger partial charge in [0.2, 0.25) is 0 Å². The Kier molecular flexibility index (Phi) is 5.09. The predicted octanol–water partition coefficient (Wildman–Crippen LogP) is 0.778. The third-order valence-corrected chi connectivity index (χ3v) is 4.62. The smallest absolute Gasteiger partial charge is 0.279 e. The maximum absolute atomic E-state index is 11.9. The highest BCUT2D eigenvalue weighted by atomic mass is 32.2. The highest BCUT2D eigenvalue weighted by molar-refractivity contribution is 7.87. The average molecular weight is 262 g/mol. The van der Waals surface area contributed by atoms with E-state index in [1.807, 2.05) is 13.8 Å². The summed E-state index contributed by atoms with van der Waals surface area (Å²) in [6.07, 6.45) is 1.27. The molecule has 0 amide bonds. The van der Waals surface area contributed by atoms with Gasteiger partial charge in [-0.3, -0.25) is 4.79 Å². The minimum Gasteiger partial charge on any atom is -0.300 e. The van der Waals surface area contributed by atoms with E-state index in [2.05, 4.69) is 4.72 Å². The summed E-state index contributed by atoms with van der Waals surface area (Å²) in [5, 5.41) is 0. The first-order chi connectivity index (χ1) is 7.83. The molecule has 0 unspecified atom stereocenters. The summed E-state index contributed by atoms with van der Waals surface area (Å²) in [7, 11) is -3.36. The highest BCUT2D eigenvalue weighted by Gasteiger charge is 2.29. The van der Waals surface area contributed by atoms with Gasteiger partial charge in [0.15, 0.2) is 0 Å². The van der Waals surface area contributed by atoms with E-state index >= 15 is 0 Å². The number of piperidine rings is 1. The predicted molar refractivity (Wildman–Crippen MR) is 66.7 cm³/mol. The van der Waals surface area contributed by atoms with Crippen molar-refractivity contribution in [3.63, 3.8) is 0 Å². The molecule has 0 bridgehead atoms. The van der Waals surface area contributed by atoms with E-state index in [1.165, 1.54) is 4.31 Å². The van der Waals surface area contributed by atoms with Crippen molar-refractivity contribution < 1.29 is 13.2 Å². The van der Waals surface area contributed by atoms with Crippen molar-refractivity contribution in [2.75, 3.05) is 19.6 Å². The first kappa shape index (κ1) is 14.6. The van der Waals surface area contributed by atoms with Crippen molar-refractivity contribution in [1.82, 2.24) is 9.03 Å². The van der Waals surface area contributed by atoms with Crippen molar-refractivity contribution in [1.29, 1.82) is 0 Å². The summed E-state index contributed by atoms with van der Waals surface area (Å²) >= 11 is 0. The second-order valence-electron chi connectivity index (χ2n) is 5.03. The molecule has 5 nitrogen and oxygen atoms in total. The van der Waals surface area contributed by atoms with E-state index in [0.29, 0.717) is 38.4 Å². The lowest BCUT2D eigenvalue weighted by atomic mass is 9.95. The number of hydrogen-bond donors (Lipinski definition) is 1. The molecule has 1 heterocycles. The minimum absolute atomic E-state index is 0.0338. The van der Waals surface area contributed by atoms with E-state index in [1.54, 1.807) is 6.92 Å². The van der Waals surface area contributed by atoms with Crippen LogP contribution in [-0.2, 0) is 15.0 Å². The number of nitrogens with zero attached hydrogens (tertiary/aromatic N) is 1. The molecule has 0 aromatic carbocycles. The maximum atomic E-state index is 11.9. The van der Waals surface area contributed by atoms with Gasteiger partial charge in [0, 0.05) is 25.6 Å². The van der Waals surface area contributed by atoms with Crippen LogP contribution in [0.2, 0.25) is 0 Å². The van der Waals surface area contributed by atoms with Crippen LogP contribution >= 0.6 is 0 Å². The number of carbonyl (C=O) groups excluding carboxylic acids is 1. The third kappa shape index (κ3) is 4.37. The Labute approximate surface area is 104 Å². The van der Waals surface area contributed by atoms with E-state index in [9.17, 15) is 13.2 Å². The van der Waals surface area contributed by atoms with Crippen molar-refractivity contribution in [3.8, 4) is 0 Å². The van der Waals surface area contributed by atoms with Crippen molar-refractivity contribution in [2.24, 2.45) is 11.8 Å². The zero-order valence-electron chi connectivity index (χ0n) is 10.8. The van der Waals surface area contributed by atoms with Crippen LogP contribution in [0.1, 0.15) is 33.6 Å². The van der Waals surface area contributed by atoms with Gasteiger partial charge in [-0.15, -0.1) is 0 Å². The number of carbonyl (C=O) groups is 1. The lowest BCUT2D eigenvalue weighted by molar-refractivity contribution is -0.121. The number of Topliss-reactive ketones (excluding diaryl/α,β-unsaturated/α-hetero) is 1. The molecule has 17 heavy (non-hydrogen) atoms. The molecule has 6 heteroatoms. The monoisotopic (exact) mass is 262 g/mol. The lowest BCUT2D eigenvalue weighted by Gasteiger charge is -2.30. The van der Waals surface area contributed by atoms with Gasteiger partial charge in [-0.2, -0.15) is 12.7 Å². The van der Waals surface area contributed by atoms with Crippen molar-refractivity contribution in [3.05, 3.63) is 0 Å². The van der Waals surface area contributed by atoms with Crippen LogP contribution in [0.25, 0.3) is 0 Å². The Morgan fingerprint density at radius 3 is 2.29 bits per heavy atom. The van der Waals surface area contributed by atoms with Gasteiger partial charge in [0.25, 0.3) is 10.2 Å². The molecule has 1 aliphatic rings. The van der Waals surface area contributed by atoms with Gasteiger partial charge in [0.05, 0.1) is 0 Å². The molecule has 0 aliphatic carbocycles. The van der Waals surface area contributed by atoms with Gasteiger partial charge in [-0.05, 0) is 25.7 Å². The topological polar surface area (TPSA) is 66.5 Å². The fourth-order valence-corrected chi connectivity index (χ4v) is 3.28. The van der Waals surface area contributed by atoms with Gasteiger partial charge in [-0.25, -0.2) is 4.72 Å². The summed E-state index contributed by atoms with van der Waals surface area (Å²) in [5.41, 5.74) is 0. The van der Waals surface area contributed by atoms with Gasteiger partial charge in [0.1, 0.15) is 5.78 Å². The molecule has 0 saturated carbocycles. The second kappa shape index (κ2) is 5.93. The highest BCUT2D eigenvalue weighted by Crippen LogP contribution is 2.19. The summed E-state index contributed by atoms with van der Waals surface area (Å²) in [6, 6.07) is 0. The summed E-state index contributed by atoms with van der Waals surface area (Å²) in [5.74, 6) is 0.489. The molecule has 100 valence electrons. The fourth-order valence-electron chi connectivity index (χ4n) is 1.87. The molecule has 0 atom stereocenters. The Bertz CT molecular complexity index is 357.